The third-order valence-corrected chi connectivity index (χ3v) is 2.45. The van der Waals surface area contributed by atoms with E-state index in [1.165, 1.54) is 11.0 Å². The highest BCUT2D eigenvalue weighted by Crippen LogP contribution is 2.13. The Morgan fingerprint density at radius 3 is 2.41 bits per heavy atom. The summed E-state index contributed by atoms with van der Waals surface area (Å²) < 4.78 is 0. The Balaban J connectivity index is 2.30. The maximum absolute atomic E-state index is 12.1. The maximum atomic E-state index is 12.1. The highest BCUT2D eigenvalue weighted by molar-refractivity contribution is 6.04. The predicted molar refractivity (Wildman–Crippen MR) is 66.2 cm³/mol. The molecule has 1 heterocycles. The lowest BCUT2D eigenvalue weighted by Gasteiger charge is -2.16. The van der Waals surface area contributed by atoms with Crippen LogP contribution < -0.4 is 10.5 Å². The van der Waals surface area contributed by atoms with Gasteiger partial charge >= 0.3 is 0 Å². The Morgan fingerprint density at radius 1 is 1.06 bits per heavy atom. The van der Waals surface area contributed by atoms with Crippen LogP contribution in [0.2, 0.25) is 0 Å². The van der Waals surface area contributed by atoms with E-state index in [9.17, 15) is 9.59 Å². The molecule has 0 aliphatic carbocycles. The smallest absolute Gasteiger partial charge is 0.274 e. The molecule has 17 heavy (non-hydrogen) atoms. The topological polar surface area (TPSA) is 53.2 Å². The van der Waals surface area contributed by atoms with E-state index in [-0.39, 0.29) is 17.2 Å². The van der Waals surface area contributed by atoms with E-state index in [0.717, 1.165) is 5.69 Å². The number of anilines is 1. The summed E-state index contributed by atoms with van der Waals surface area (Å²) in [5.41, 5.74) is 0.781. The second kappa shape index (κ2) is 4.65. The molecule has 1 aromatic heterocycles. The molecule has 0 aliphatic rings. The Morgan fingerprint density at radius 2 is 1.76 bits per heavy atom. The van der Waals surface area contributed by atoms with Gasteiger partial charge in [-0.25, -0.2) is 0 Å². The molecule has 0 atom stereocenters. The summed E-state index contributed by atoms with van der Waals surface area (Å²) in [6, 6.07) is 13.8. The van der Waals surface area contributed by atoms with Gasteiger partial charge in [0, 0.05) is 18.8 Å². The van der Waals surface area contributed by atoms with Crippen molar-refractivity contribution in [2.45, 2.75) is 0 Å². The molecule has 0 bridgehead atoms. The van der Waals surface area contributed by atoms with Gasteiger partial charge < -0.3 is 9.88 Å². The van der Waals surface area contributed by atoms with Gasteiger partial charge in [-0.05, 0) is 18.2 Å². The molecule has 2 rings (SSSR count). The van der Waals surface area contributed by atoms with Gasteiger partial charge in [0.15, 0.2) is 0 Å². The van der Waals surface area contributed by atoms with E-state index >= 15 is 0 Å². The van der Waals surface area contributed by atoms with E-state index in [1.54, 1.807) is 19.2 Å². The number of rotatable bonds is 2. The monoisotopic (exact) mass is 228 g/mol. The van der Waals surface area contributed by atoms with Crippen LogP contribution in [0.5, 0.6) is 0 Å². The molecule has 1 aromatic carbocycles. The van der Waals surface area contributed by atoms with Crippen LogP contribution in [0.3, 0.4) is 0 Å². The molecule has 86 valence electrons. The van der Waals surface area contributed by atoms with Crippen LogP contribution in [-0.4, -0.2) is 17.9 Å². The standard InChI is InChI=1S/C13H12N2O2/c1-15(10-6-3-2-4-7-10)13(17)11-8-5-9-12(16)14-11/h2-9H,1H3,(H,14,16). The lowest BCUT2D eigenvalue weighted by molar-refractivity contribution is 0.0988. The SMILES string of the molecule is CN(C(=O)c1cccc(=O)[nH]1)c1ccccc1. The summed E-state index contributed by atoms with van der Waals surface area (Å²) >= 11 is 0. The molecule has 1 amide bonds. The summed E-state index contributed by atoms with van der Waals surface area (Å²) in [6.45, 7) is 0. The van der Waals surface area contributed by atoms with Crippen molar-refractivity contribution in [2.75, 3.05) is 11.9 Å². The third-order valence-electron chi connectivity index (χ3n) is 2.45. The number of nitrogens with one attached hydrogen (secondary N) is 1. The second-order valence-electron chi connectivity index (χ2n) is 3.63. The van der Waals surface area contributed by atoms with Gasteiger partial charge in [-0.1, -0.05) is 24.3 Å². The first kappa shape index (κ1) is 11.1. The molecule has 0 radical (unpaired) electrons. The minimum Gasteiger partial charge on any atom is -0.318 e. The fourth-order valence-corrected chi connectivity index (χ4v) is 1.52. The van der Waals surface area contributed by atoms with Crippen molar-refractivity contribution in [2.24, 2.45) is 0 Å². The van der Waals surface area contributed by atoms with Gasteiger partial charge in [0.05, 0.1) is 0 Å². The molecule has 1 N–H and O–H groups in total. The Hall–Kier alpha value is -2.36. The summed E-state index contributed by atoms with van der Waals surface area (Å²) in [6.07, 6.45) is 0. The Bertz CT molecular complexity index is 575. The number of hydrogen-bond donors (Lipinski definition) is 1. The van der Waals surface area contributed by atoms with E-state index in [4.69, 9.17) is 0 Å². The van der Waals surface area contributed by atoms with Gasteiger partial charge in [0.25, 0.3) is 5.91 Å². The average molecular weight is 228 g/mol. The molecule has 0 unspecified atom stereocenters. The predicted octanol–water partition coefficient (Wildman–Crippen LogP) is 1.65. The first-order chi connectivity index (χ1) is 8.18. The van der Waals surface area contributed by atoms with Crippen molar-refractivity contribution in [3.05, 3.63) is 64.6 Å². The molecular weight excluding hydrogens is 216 g/mol. The van der Waals surface area contributed by atoms with Crippen molar-refractivity contribution in [1.82, 2.24) is 4.98 Å². The van der Waals surface area contributed by atoms with Crippen molar-refractivity contribution >= 4 is 11.6 Å². The first-order valence-electron chi connectivity index (χ1n) is 5.21. The third kappa shape index (κ3) is 2.42. The highest BCUT2D eigenvalue weighted by atomic mass is 16.2. The molecule has 0 fully saturated rings. The van der Waals surface area contributed by atoms with Crippen LogP contribution in [0, 0.1) is 0 Å². The summed E-state index contributed by atoms with van der Waals surface area (Å²) in [5, 5.41) is 0. The van der Waals surface area contributed by atoms with Crippen molar-refractivity contribution < 1.29 is 4.79 Å². The number of hydrogen-bond acceptors (Lipinski definition) is 2. The number of pyridine rings is 1. The number of carbonyl (C=O) groups excluding carboxylic acids is 1. The zero-order chi connectivity index (χ0) is 12.3. The normalized spacial score (nSPS) is 9.94. The fraction of sp³-hybridized carbons (Fsp3) is 0.0769. The highest BCUT2D eigenvalue weighted by Gasteiger charge is 2.13. The largest absolute Gasteiger partial charge is 0.318 e. The van der Waals surface area contributed by atoms with Crippen LogP contribution in [-0.2, 0) is 0 Å². The van der Waals surface area contributed by atoms with E-state index in [0.29, 0.717) is 0 Å². The van der Waals surface area contributed by atoms with E-state index in [1.807, 2.05) is 30.3 Å². The van der Waals surface area contributed by atoms with Crippen LogP contribution >= 0.6 is 0 Å². The van der Waals surface area contributed by atoms with Gasteiger partial charge in [0.2, 0.25) is 5.56 Å². The fourth-order valence-electron chi connectivity index (χ4n) is 1.52. The first-order valence-corrected chi connectivity index (χ1v) is 5.21. The van der Waals surface area contributed by atoms with Crippen molar-refractivity contribution in [3.8, 4) is 0 Å². The van der Waals surface area contributed by atoms with Crippen LogP contribution in [0.25, 0.3) is 0 Å². The van der Waals surface area contributed by atoms with Crippen LogP contribution in [0.15, 0.2) is 53.3 Å². The number of aromatic amines is 1. The minimum absolute atomic E-state index is 0.242. The van der Waals surface area contributed by atoms with Gasteiger partial charge in [0.1, 0.15) is 5.69 Å². The summed E-state index contributed by atoms with van der Waals surface area (Å²) in [7, 11) is 1.67. The number of carbonyl (C=O) groups is 1. The van der Waals surface area contributed by atoms with Crippen molar-refractivity contribution in [3.63, 3.8) is 0 Å². The number of benzene rings is 1. The molecule has 0 spiro atoms. The summed E-state index contributed by atoms with van der Waals surface area (Å²) in [5.74, 6) is -0.242. The second-order valence-corrected chi connectivity index (χ2v) is 3.63. The van der Waals surface area contributed by atoms with Crippen LogP contribution in [0.4, 0.5) is 5.69 Å². The van der Waals surface area contributed by atoms with E-state index < -0.39 is 0 Å². The molecule has 0 saturated heterocycles. The van der Waals surface area contributed by atoms with Gasteiger partial charge in [-0.15, -0.1) is 0 Å². The molecule has 0 aliphatic heterocycles. The maximum Gasteiger partial charge on any atom is 0.274 e. The molecule has 4 nitrogen and oxygen atoms in total. The molecule has 0 saturated carbocycles. The van der Waals surface area contributed by atoms with E-state index in [2.05, 4.69) is 4.98 Å². The molecule has 2 aromatic rings. The number of para-hydroxylation sites is 1. The van der Waals surface area contributed by atoms with Gasteiger partial charge in [-0.2, -0.15) is 0 Å². The molecular formula is C13H12N2O2. The minimum atomic E-state index is -0.280. The number of H-pyrrole nitrogens is 1. The number of amides is 1. The van der Waals surface area contributed by atoms with Crippen molar-refractivity contribution in [1.29, 1.82) is 0 Å². The van der Waals surface area contributed by atoms with Gasteiger partial charge in [-0.3, -0.25) is 9.59 Å². The summed E-state index contributed by atoms with van der Waals surface area (Å²) in [4.78, 5) is 27.2. The average Bonchev–Trinajstić information content (AvgIpc) is 2.38. The zero-order valence-corrected chi connectivity index (χ0v) is 9.38. The lowest BCUT2D eigenvalue weighted by atomic mass is 10.2. The number of aromatic nitrogens is 1. The van der Waals surface area contributed by atoms with Crippen LogP contribution in [0.1, 0.15) is 10.5 Å². The number of nitrogens with zero attached hydrogens (tertiary/aromatic N) is 1. The zero-order valence-electron chi connectivity index (χ0n) is 9.38. The molecule has 4 heteroatoms. The lowest BCUT2D eigenvalue weighted by Crippen LogP contribution is -2.28. The quantitative estimate of drug-likeness (QED) is 0.849. The Labute approximate surface area is 98.5 Å². The Kier molecular flexibility index (Phi) is 3.05.